The van der Waals surface area contributed by atoms with E-state index in [-0.39, 0.29) is 43.4 Å². The molecule has 0 saturated carbocycles. The number of aliphatic hydroxyl groups excluding tert-OH is 1. The van der Waals surface area contributed by atoms with Gasteiger partial charge in [-0.3, -0.25) is 9.59 Å². The molecule has 2 aliphatic heterocycles. The number of hydrogen-bond acceptors (Lipinski definition) is 3. The number of benzene rings is 1. The van der Waals surface area contributed by atoms with Crippen LogP contribution in [0.1, 0.15) is 30.5 Å². The third-order valence-corrected chi connectivity index (χ3v) is 4.86. The molecule has 8 heteroatoms. The van der Waals surface area contributed by atoms with Crippen LogP contribution in [0.25, 0.3) is 0 Å². The summed E-state index contributed by atoms with van der Waals surface area (Å²) in [6.45, 7) is 1.96. The Morgan fingerprint density at radius 2 is 1.80 bits per heavy atom. The van der Waals surface area contributed by atoms with E-state index >= 15 is 0 Å². The van der Waals surface area contributed by atoms with Gasteiger partial charge in [0.1, 0.15) is 0 Å². The number of rotatable bonds is 2. The van der Waals surface area contributed by atoms with Crippen LogP contribution < -0.4 is 0 Å². The predicted octanol–water partition coefficient (Wildman–Crippen LogP) is 1.82. The van der Waals surface area contributed by atoms with Crippen molar-refractivity contribution in [2.45, 2.75) is 31.7 Å². The summed E-state index contributed by atoms with van der Waals surface area (Å²) in [5.41, 5.74) is -0.784. The summed E-state index contributed by atoms with van der Waals surface area (Å²) in [4.78, 5) is 26.8. The Hall–Kier alpha value is -2.09. The van der Waals surface area contributed by atoms with Crippen LogP contribution in [-0.4, -0.2) is 52.5 Å². The van der Waals surface area contributed by atoms with Crippen LogP contribution in [0.5, 0.6) is 0 Å². The number of nitrogens with zero attached hydrogens (tertiary/aromatic N) is 2. The van der Waals surface area contributed by atoms with Gasteiger partial charge in [0.25, 0.3) is 0 Å². The first-order valence-electron chi connectivity index (χ1n) is 8.08. The fourth-order valence-corrected chi connectivity index (χ4v) is 3.52. The predicted molar refractivity (Wildman–Crippen MR) is 82.3 cm³/mol. The maximum absolute atomic E-state index is 13.3. The Balaban J connectivity index is 1.84. The van der Waals surface area contributed by atoms with Crippen LogP contribution in [0.15, 0.2) is 24.3 Å². The summed E-state index contributed by atoms with van der Waals surface area (Å²) in [6, 6.07) is 4.34. The molecular weight excluding hydrogens is 337 g/mol. The average molecular weight is 356 g/mol. The van der Waals surface area contributed by atoms with Crippen molar-refractivity contribution >= 4 is 11.8 Å². The van der Waals surface area contributed by atoms with Crippen molar-refractivity contribution in [1.29, 1.82) is 0 Å². The van der Waals surface area contributed by atoms with E-state index in [1.54, 1.807) is 0 Å². The molecular formula is C17H19F3N2O3. The smallest absolute Gasteiger partial charge is 0.391 e. The van der Waals surface area contributed by atoms with Gasteiger partial charge in [0, 0.05) is 26.6 Å². The summed E-state index contributed by atoms with van der Waals surface area (Å²) in [5, 5.41) is 9.95. The maximum Gasteiger partial charge on any atom is 0.416 e. The highest BCUT2D eigenvalue weighted by Gasteiger charge is 2.45. The number of likely N-dealkylation sites (tertiary alicyclic amines) is 2. The van der Waals surface area contributed by atoms with E-state index < -0.39 is 29.8 Å². The molecule has 0 bridgehead atoms. The van der Waals surface area contributed by atoms with Crippen molar-refractivity contribution in [2.75, 3.05) is 19.6 Å². The van der Waals surface area contributed by atoms with Gasteiger partial charge in [-0.05, 0) is 18.1 Å². The second-order valence-corrected chi connectivity index (χ2v) is 6.60. The number of aliphatic hydroxyl groups is 1. The Kier molecular flexibility index (Phi) is 4.49. The van der Waals surface area contributed by atoms with E-state index in [9.17, 15) is 27.9 Å². The van der Waals surface area contributed by atoms with E-state index in [2.05, 4.69) is 0 Å². The lowest BCUT2D eigenvalue weighted by molar-refractivity contribution is -0.149. The van der Waals surface area contributed by atoms with Gasteiger partial charge in [-0.15, -0.1) is 0 Å². The third kappa shape index (κ3) is 3.35. The number of β-amino-alcohol motifs (C(OH)–C–C–N with tert-alkyl or cyclic N) is 1. The van der Waals surface area contributed by atoms with Crippen molar-refractivity contribution in [2.24, 2.45) is 5.92 Å². The van der Waals surface area contributed by atoms with E-state index in [4.69, 9.17) is 0 Å². The van der Waals surface area contributed by atoms with Crippen molar-refractivity contribution in [3.8, 4) is 0 Å². The number of hydrogen-bond donors (Lipinski definition) is 1. The summed E-state index contributed by atoms with van der Waals surface area (Å²) in [6.07, 6.45) is -5.32. The zero-order valence-corrected chi connectivity index (χ0v) is 13.7. The topological polar surface area (TPSA) is 60.9 Å². The molecule has 2 amide bonds. The van der Waals surface area contributed by atoms with Crippen LogP contribution in [-0.2, 0) is 15.8 Å². The molecule has 25 heavy (non-hydrogen) atoms. The third-order valence-electron chi connectivity index (χ3n) is 4.86. The molecule has 0 radical (unpaired) electrons. The highest BCUT2D eigenvalue weighted by Crippen LogP contribution is 2.41. The molecule has 2 heterocycles. The maximum atomic E-state index is 13.3. The molecule has 1 N–H and O–H groups in total. The molecule has 1 aromatic rings. The molecule has 0 spiro atoms. The van der Waals surface area contributed by atoms with Gasteiger partial charge < -0.3 is 14.9 Å². The fourth-order valence-electron chi connectivity index (χ4n) is 3.52. The first-order valence-corrected chi connectivity index (χ1v) is 8.08. The van der Waals surface area contributed by atoms with E-state index in [1.165, 1.54) is 34.9 Å². The first-order chi connectivity index (χ1) is 11.7. The minimum Gasteiger partial charge on any atom is -0.391 e. The molecule has 2 aliphatic rings. The molecule has 2 atom stereocenters. The molecule has 136 valence electrons. The van der Waals surface area contributed by atoms with Crippen LogP contribution in [0.2, 0.25) is 0 Å². The first kappa shape index (κ1) is 17.7. The molecule has 1 aromatic carbocycles. The summed E-state index contributed by atoms with van der Waals surface area (Å²) in [5.74, 6) is -0.866. The Morgan fingerprint density at radius 3 is 2.40 bits per heavy atom. The van der Waals surface area contributed by atoms with Crippen molar-refractivity contribution in [1.82, 2.24) is 9.80 Å². The monoisotopic (exact) mass is 356 g/mol. The molecule has 2 unspecified atom stereocenters. The summed E-state index contributed by atoms with van der Waals surface area (Å²) < 4.78 is 39.9. The van der Waals surface area contributed by atoms with Crippen LogP contribution in [0, 0.1) is 5.92 Å². The molecule has 3 rings (SSSR count). The van der Waals surface area contributed by atoms with Gasteiger partial charge in [0.05, 0.1) is 23.6 Å². The standard InChI is InChI=1S/C17H19F3N2O3/c1-10(23)21-7-11(8-21)16(25)22-9-12(24)6-15(22)13-4-2-3-5-14(13)17(18,19)20/h2-5,11-12,15,24H,6-9H2,1H3. The number of alkyl halides is 3. The summed E-state index contributed by atoms with van der Waals surface area (Å²) >= 11 is 0. The lowest BCUT2D eigenvalue weighted by Crippen LogP contribution is -2.55. The minimum absolute atomic E-state index is 0.00245. The normalized spacial score (nSPS) is 24.4. The quantitative estimate of drug-likeness (QED) is 0.879. The molecule has 0 aromatic heterocycles. The Morgan fingerprint density at radius 1 is 1.16 bits per heavy atom. The largest absolute Gasteiger partial charge is 0.416 e. The van der Waals surface area contributed by atoms with E-state index in [0.717, 1.165) is 6.07 Å². The molecule has 5 nitrogen and oxygen atoms in total. The molecule has 2 saturated heterocycles. The van der Waals surface area contributed by atoms with E-state index in [1.807, 2.05) is 0 Å². The van der Waals surface area contributed by atoms with Gasteiger partial charge in [-0.1, -0.05) is 18.2 Å². The number of halogens is 3. The van der Waals surface area contributed by atoms with Crippen LogP contribution >= 0.6 is 0 Å². The van der Waals surface area contributed by atoms with E-state index in [0.29, 0.717) is 0 Å². The lowest BCUT2D eigenvalue weighted by atomic mass is 9.94. The second-order valence-electron chi connectivity index (χ2n) is 6.60. The lowest BCUT2D eigenvalue weighted by Gasteiger charge is -2.40. The average Bonchev–Trinajstić information content (AvgIpc) is 2.86. The molecule has 2 fully saturated rings. The van der Waals surface area contributed by atoms with Gasteiger partial charge in [-0.2, -0.15) is 13.2 Å². The van der Waals surface area contributed by atoms with Crippen molar-refractivity contribution in [3.05, 3.63) is 35.4 Å². The van der Waals surface area contributed by atoms with Gasteiger partial charge in [0.2, 0.25) is 11.8 Å². The number of amides is 2. The molecule has 0 aliphatic carbocycles. The SMILES string of the molecule is CC(=O)N1CC(C(=O)N2CC(O)CC2c2ccccc2C(F)(F)F)C1. The number of carbonyl (C=O) groups excluding carboxylic acids is 2. The van der Waals surface area contributed by atoms with Crippen molar-refractivity contribution < 1.29 is 27.9 Å². The van der Waals surface area contributed by atoms with Crippen molar-refractivity contribution in [3.63, 3.8) is 0 Å². The summed E-state index contributed by atoms with van der Waals surface area (Å²) in [7, 11) is 0. The van der Waals surface area contributed by atoms with Gasteiger partial charge in [-0.25, -0.2) is 0 Å². The zero-order chi connectivity index (χ0) is 18.4. The zero-order valence-electron chi connectivity index (χ0n) is 13.7. The van der Waals surface area contributed by atoms with Crippen LogP contribution in [0.3, 0.4) is 0 Å². The minimum atomic E-state index is -4.53. The second kappa shape index (κ2) is 6.33. The highest BCUT2D eigenvalue weighted by molar-refractivity contribution is 5.84. The fraction of sp³-hybridized carbons (Fsp3) is 0.529. The Bertz CT molecular complexity index is 686. The van der Waals surface area contributed by atoms with Gasteiger partial charge >= 0.3 is 6.18 Å². The van der Waals surface area contributed by atoms with Gasteiger partial charge in [0.15, 0.2) is 0 Å². The number of carbonyl (C=O) groups is 2. The van der Waals surface area contributed by atoms with Crippen LogP contribution in [0.4, 0.5) is 13.2 Å². The highest BCUT2D eigenvalue weighted by atomic mass is 19.4. The Labute approximate surface area is 143 Å².